The Kier molecular flexibility index (Phi) is 3.52. The van der Waals surface area contributed by atoms with Crippen LogP contribution in [0, 0.1) is 0 Å². The van der Waals surface area contributed by atoms with Crippen LogP contribution in [0.1, 0.15) is 11.1 Å². The molecule has 0 aromatic heterocycles. The van der Waals surface area contributed by atoms with Crippen LogP contribution >= 0.6 is 12.1 Å². The van der Waals surface area contributed by atoms with Gasteiger partial charge in [0.05, 0.1) is 23.5 Å². The third-order valence-electron chi connectivity index (χ3n) is 3.04. The lowest BCUT2D eigenvalue weighted by Crippen LogP contribution is -2.13. The summed E-state index contributed by atoms with van der Waals surface area (Å²) < 4.78 is 12.8. The van der Waals surface area contributed by atoms with Crippen LogP contribution in [-0.2, 0) is 4.79 Å². The molecule has 1 aliphatic rings. The minimum absolute atomic E-state index is 0.0665. The maximum atomic E-state index is 12.8. The predicted molar refractivity (Wildman–Crippen MR) is 79.0 cm³/mol. The van der Waals surface area contributed by atoms with Crippen LogP contribution < -0.4 is 5.32 Å². The molecule has 0 bridgehead atoms. The van der Waals surface area contributed by atoms with Gasteiger partial charge in [0, 0.05) is 16.0 Å². The van der Waals surface area contributed by atoms with Crippen LogP contribution in [0.4, 0.5) is 9.57 Å². The third-order valence-corrected chi connectivity index (χ3v) is 3.47. The number of benzodiazepines with no additional fused rings is 1. The van der Waals surface area contributed by atoms with Gasteiger partial charge in [0.25, 0.3) is 0 Å². The first-order valence-electron chi connectivity index (χ1n) is 6.10. The van der Waals surface area contributed by atoms with E-state index in [4.69, 9.17) is 0 Å². The summed E-state index contributed by atoms with van der Waals surface area (Å²) in [5, 5.41) is 2.79. The molecule has 0 saturated carbocycles. The van der Waals surface area contributed by atoms with Crippen molar-refractivity contribution in [1.82, 2.24) is 0 Å². The molecule has 5 heteroatoms. The van der Waals surface area contributed by atoms with Gasteiger partial charge in [-0.3, -0.25) is 9.79 Å². The second kappa shape index (κ2) is 5.46. The highest BCUT2D eigenvalue weighted by Gasteiger charge is 2.18. The van der Waals surface area contributed by atoms with E-state index in [9.17, 15) is 8.68 Å². The van der Waals surface area contributed by atoms with E-state index in [2.05, 4.69) is 10.3 Å². The van der Waals surface area contributed by atoms with Gasteiger partial charge < -0.3 is 5.32 Å². The molecule has 0 saturated heterocycles. The highest BCUT2D eigenvalue weighted by atomic mass is 32.2. The minimum atomic E-state index is -0.169. The second-order valence-electron chi connectivity index (χ2n) is 4.36. The van der Waals surface area contributed by atoms with Crippen molar-refractivity contribution in [1.29, 1.82) is 0 Å². The monoisotopic (exact) mass is 286 g/mol. The Balaban J connectivity index is 2.18. The fourth-order valence-electron chi connectivity index (χ4n) is 2.14. The first kappa shape index (κ1) is 12.9. The summed E-state index contributed by atoms with van der Waals surface area (Å²) >= 11 is 0.179. The molecule has 0 radical (unpaired) electrons. The summed E-state index contributed by atoms with van der Waals surface area (Å²) in [4.78, 5) is 16.5. The molecule has 0 spiro atoms. The van der Waals surface area contributed by atoms with Gasteiger partial charge in [0.15, 0.2) is 0 Å². The van der Waals surface area contributed by atoms with Gasteiger partial charge in [-0.2, -0.15) is 3.89 Å². The normalized spacial score (nSPS) is 14.1. The molecule has 1 amide bonds. The Morgan fingerprint density at radius 1 is 1.15 bits per heavy atom. The van der Waals surface area contributed by atoms with Gasteiger partial charge in [-0.05, 0) is 18.2 Å². The predicted octanol–water partition coefficient (Wildman–Crippen LogP) is 3.45. The third kappa shape index (κ3) is 2.44. The lowest BCUT2D eigenvalue weighted by Gasteiger charge is -2.10. The standard InChI is InChI=1S/C15H11FN2OS/c16-20-11-6-7-13-12(8-11)15(17-9-14(19)18-13)10-4-2-1-3-5-10/h1-8H,9H2,(H,18,19). The van der Waals surface area contributed by atoms with E-state index in [1.54, 1.807) is 18.2 Å². The van der Waals surface area contributed by atoms with E-state index in [1.807, 2.05) is 30.3 Å². The number of halogens is 1. The molecule has 2 aromatic carbocycles. The van der Waals surface area contributed by atoms with E-state index in [-0.39, 0.29) is 24.6 Å². The lowest BCUT2D eigenvalue weighted by atomic mass is 10.0. The molecule has 1 heterocycles. The number of carbonyl (C=O) groups excluding carboxylic acids is 1. The maximum Gasteiger partial charge on any atom is 0.246 e. The van der Waals surface area contributed by atoms with Crippen molar-refractivity contribution < 1.29 is 8.68 Å². The van der Waals surface area contributed by atoms with Crippen molar-refractivity contribution in [3.63, 3.8) is 0 Å². The summed E-state index contributed by atoms with van der Waals surface area (Å²) in [5.74, 6) is -0.169. The zero-order valence-corrected chi connectivity index (χ0v) is 11.3. The fourth-order valence-corrected chi connectivity index (χ4v) is 2.43. The molecule has 1 aliphatic heterocycles. The average molecular weight is 286 g/mol. The molecular weight excluding hydrogens is 275 g/mol. The van der Waals surface area contributed by atoms with Crippen molar-refractivity contribution in [2.24, 2.45) is 4.99 Å². The highest BCUT2D eigenvalue weighted by molar-refractivity contribution is 7.94. The quantitative estimate of drug-likeness (QED) is 0.918. The fraction of sp³-hybridized carbons (Fsp3) is 0.0667. The Hall–Kier alpha value is -2.14. The Morgan fingerprint density at radius 3 is 2.70 bits per heavy atom. The van der Waals surface area contributed by atoms with Gasteiger partial charge in [-0.25, -0.2) is 0 Å². The second-order valence-corrected chi connectivity index (χ2v) is 4.99. The van der Waals surface area contributed by atoms with Crippen molar-refractivity contribution in [2.45, 2.75) is 4.90 Å². The molecule has 20 heavy (non-hydrogen) atoms. The van der Waals surface area contributed by atoms with E-state index in [0.29, 0.717) is 16.3 Å². The number of aliphatic imine (C=N–C) groups is 1. The molecule has 3 nitrogen and oxygen atoms in total. The van der Waals surface area contributed by atoms with Crippen molar-refractivity contribution in [3.05, 3.63) is 59.7 Å². The molecule has 0 unspecified atom stereocenters. The molecule has 0 atom stereocenters. The number of anilines is 1. The molecule has 0 fully saturated rings. The van der Waals surface area contributed by atoms with Crippen LogP contribution in [0.25, 0.3) is 0 Å². The molecule has 3 rings (SSSR count). The topological polar surface area (TPSA) is 41.5 Å². The van der Waals surface area contributed by atoms with Crippen LogP contribution in [0.5, 0.6) is 0 Å². The number of nitrogens with zero attached hydrogens (tertiary/aromatic N) is 1. The minimum Gasteiger partial charge on any atom is -0.324 e. The smallest absolute Gasteiger partial charge is 0.246 e. The maximum absolute atomic E-state index is 12.8. The summed E-state index contributed by atoms with van der Waals surface area (Å²) in [6.07, 6.45) is 0. The highest BCUT2D eigenvalue weighted by Crippen LogP contribution is 2.28. The Morgan fingerprint density at radius 2 is 1.95 bits per heavy atom. The van der Waals surface area contributed by atoms with Crippen LogP contribution in [0.2, 0.25) is 0 Å². The van der Waals surface area contributed by atoms with Crippen LogP contribution in [-0.4, -0.2) is 18.2 Å². The molecule has 100 valence electrons. The van der Waals surface area contributed by atoms with E-state index < -0.39 is 0 Å². The first-order valence-corrected chi connectivity index (χ1v) is 6.82. The van der Waals surface area contributed by atoms with Crippen LogP contribution in [0.3, 0.4) is 0 Å². The van der Waals surface area contributed by atoms with Crippen LogP contribution in [0.15, 0.2) is 58.4 Å². The van der Waals surface area contributed by atoms with Gasteiger partial charge in [-0.15, -0.1) is 0 Å². The molecule has 2 aromatic rings. The first-order chi connectivity index (χ1) is 9.78. The number of rotatable bonds is 2. The van der Waals surface area contributed by atoms with Crippen molar-refractivity contribution >= 4 is 29.5 Å². The summed E-state index contributed by atoms with van der Waals surface area (Å²) in [7, 11) is 0. The number of hydrogen-bond acceptors (Lipinski definition) is 3. The van der Waals surface area contributed by atoms with Gasteiger partial charge in [-0.1, -0.05) is 30.3 Å². The molecule has 1 N–H and O–H groups in total. The number of benzene rings is 2. The number of hydrogen-bond donors (Lipinski definition) is 1. The van der Waals surface area contributed by atoms with E-state index in [0.717, 1.165) is 11.1 Å². The number of fused-ring (bicyclic) bond motifs is 1. The van der Waals surface area contributed by atoms with Gasteiger partial charge in [0.1, 0.15) is 6.54 Å². The van der Waals surface area contributed by atoms with Gasteiger partial charge in [0.2, 0.25) is 5.91 Å². The number of carbonyl (C=O) groups is 1. The lowest BCUT2D eigenvalue weighted by molar-refractivity contribution is -0.114. The zero-order valence-electron chi connectivity index (χ0n) is 10.5. The largest absolute Gasteiger partial charge is 0.324 e. The molecule has 0 aliphatic carbocycles. The van der Waals surface area contributed by atoms with E-state index in [1.165, 1.54) is 0 Å². The van der Waals surface area contributed by atoms with E-state index >= 15 is 0 Å². The SMILES string of the molecule is O=C1CN=C(c2ccccc2)c2cc(SF)ccc2N1. The summed E-state index contributed by atoms with van der Waals surface area (Å²) in [5.41, 5.74) is 3.01. The summed E-state index contributed by atoms with van der Waals surface area (Å²) in [6, 6.07) is 14.6. The van der Waals surface area contributed by atoms with Crippen molar-refractivity contribution in [3.8, 4) is 0 Å². The van der Waals surface area contributed by atoms with Crippen molar-refractivity contribution in [2.75, 3.05) is 11.9 Å². The number of amides is 1. The Bertz CT molecular complexity index is 686. The van der Waals surface area contributed by atoms with Gasteiger partial charge >= 0.3 is 0 Å². The average Bonchev–Trinajstić information content (AvgIpc) is 2.65. The Labute approximate surface area is 120 Å². The zero-order chi connectivity index (χ0) is 13.9. The number of nitrogens with one attached hydrogen (secondary N) is 1. The summed E-state index contributed by atoms with van der Waals surface area (Å²) in [6.45, 7) is 0.0665. The molecular formula is C15H11FN2OS.